The van der Waals surface area contributed by atoms with Crippen molar-refractivity contribution in [1.82, 2.24) is 25.1 Å². The SMILES string of the molecule is CC(C)(C)OC(=O)NCCNc1cc(-n2cccn2)nc(-c2ccco2)n1. The molecule has 3 rings (SSSR count). The van der Waals surface area contributed by atoms with Crippen LogP contribution in [0.2, 0.25) is 0 Å². The monoisotopic (exact) mass is 370 g/mol. The van der Waals surface area contributed by atoms with Crippen LogP contribution < -0.4 is 10.6 Å². The van der Waals surface area contributed by atoms with Gasteiger partial charge in [-0.15, -0.1) is 0 Å². The maximum atomic E-state index is 11.7. The number of rotatable bonds is 6. The molecule has 0 bridgehead atoms. The van der Waals surface area contributed by atoms with E-state index in [9.17, 15) is 4.79 Å². The van der Waals surface area contributed by atoms with Gasteiger partial charge in [0.15, 0.2) is 17.4 Å². The quantitative estimate of drug-likeness (QED) is 0.642. The van der Waals surface area contributed by atoms with Crippen LogP contribution in [0.4, 0.5) is 10.6 Å². The van der Waals surface area contributed by atoms with Gasteiger partial charge in [-0.1, -0.05) is 0 Å². The van der Waals surface area contributed by atoms with Crippen molar-refractivity contribution in [2.24, 2.45) is 0 Å². The van der Waals surface area contributed by atoms with E-state index in [4.69, 9.17) is 9.15 Å². The highest BCUT2D eigenvalue weighted by Gasteiger charge is 2.15. The van der Waals surface area contributed by atoms with Crippen molar-refractivity contribution in [2.45, 2.75) is 26.4 Å². The van der Waals surface area contributed by atoms with E-state index in [1.54, 1.807) is 41.5 Å². The van der Waals surface area contributed by atoms with Crippen molar-refractivity contribution >= 4 is 11.9 Å². The summed E-state index contributed by atoms with van der Waals surface area (Å²) >= 11 is 0. The first-order valence-electron chi connectivity index (χ1n) is 8.54. The van der Waals surface area contributed by atoms with Gasteiger partial charge >= 0.3 is 6.09 Å². The van der Waals surface area contributed by atoms with Crippen LogP contribution in [0.1, 0.15) is 20.8 Å². The zero-order valence-electron chi connectivity index (χ0n) is 15.5. The first kappa shape index (κ1) is 18.4. The molecule has 2 N–H and O–H groups in total. The summed E-state index contributed by atoms with van der Waals surface area (Å²) < 4.78 is 12.2. The average molecular weight is 370 g/mol. The molecule has 0 aromatic carbocycles. The Bertz CT molecular complexity index is 817. The number of ether oxygens (including phenoxy) is 1. The summed E-state index contributed by atoms with van der Waals surface area (Å²) in [6.07, 6.45) is 4.58. The van der Waals surface area contributed by atoms with Gasteiger partial charge in [0.2, 0.25) is 0 Å². The lowest BCUT2D eigenvalue weighted by atomic mass is 10.2. The van der Waals surface area contributed by atoms with Gasteiger partial charge in [0, 0.05) is 31.5 Å². The van der Waals surface area contributed by atoms with Crippen molar-refractivity contribution in [1.29, 1.82) is 0 Å². The fourth-order valence-corrected chi connectivity index (χ4v) is 2.23. The number of nitrogens with one attached hydrogen (secondary N) is 2. The molecule has 0 aliphatic carbocycles. The van der Waals surface area contributed by atoms with E-state index in [1.807, 2.05) is 26.8 Å². The fourth-order valence-electron chi connectivity index (χ4n) is 2.23. The topological polar surface area (TPSA) is 107 Å². The lowest BCUT2D eigenvalue weighted by Gasteiger charge is -2.19. The number of amides is 1. The van der Waals surface area contributed by atoms with Crippen molar-refractivity contribution in [3.63, 3.8) is 0 Å². The minimum atomic E-state index is -0.527. The second-order valence-electron chi connectivity index (χ2n) is 6.72. The Balaban J connectivity index is 1.67. The highest BCUT2D eigenvalue weighted by molar-refractivity contribution is 5.67. The predicted molar refractivity (Wildman–Crippen MR) is 99.6 cm³/mol. The first-order chi connectivity index (χ1) is 12.9. The molecule has 0 unspecified atom stereocenters. The number of aromatic nitrogens is 4. The Morgan fingerprint density at radius 3 is 2.78 bits per heavy atom. The van der Waals surface area contributed by atoms with Crippen LogP contribution in [-0.4, -0.2) is 44.5 Å². The average Bonchev–Trinajstić information content (AvgIpc) is 3.30. The molecule has 0 aliphatic heterocycles. The Morgan fingerprint density at radius 1 is 1.26 bits per heavy atom. The van der Waals surface area contributed by atoms with Crippen LogP contribution in [0.3, 0.4) is 0 Å². The van der Waals surface area contributed by atoms with E-state index in [-0.39, 0.29) is 0 Å². The highest BCUT2D eigenvalue weighted by Crippen LogP contribution is 2.19. The molecule has 9 nitrogen and oxygen atoms in total. The second-order valence-corrected chi connectivity index (χ2v) is 6.72. The third kappa shape index (κ3) is 5.30. The van der Waals surface area contributed by atoms with Gasteiger partial charge in [-0.2, -0.15) is 5.10 Å². The van der Waals surface area contributed by atoms with Crippen LogP contribution in [0, 0.1) is 0 Å². The van der Waals surface area contributed by atoms with Gasteiger partial charge in [0.1, 0.15) is 11.4 Å². The molecule has 0 saturated heterocycles. The molecule has 9 heteroatoms. The highest BCUT2D eigenvalue weighted by atomic mass is 16.6. The number of anilines is 1. The summed E-state index contributed by atoms with van der Waals surface area (Å²) in [6, 6.07) is 7.15. The maximum absolute atomic E-state index is 11.7. The minimum absolute atomic E-state index is 0.381. The number of nitrogens with zero attached hydrogens (tertiary/aromatic N) is 4. The molecule has 0 saturated carbocycles. The lowest BCUT2D eigenvalue weighted by molar-refractivity contribution is 0.0530. The zero-order valence-corrected chi connectivity index (χ0v) is 15.5. The molecular weight excluding hydrogens is 348 g/mol. The standard InChI is InChI=1S/C18H22N6O3/c1-18(2,3)27-17(25)20-9-8-19-14-12-15(24-10-5-7-21-24)23-16(22-14)13-6-4-11-26-13/h4-7,10-12H,8-9H2,1-3H3,(H,20,25)(H,19,22,23). The summed E-state index contributed by atoms with van der Waals surface area (Å²) in [5, 5.41) is 10.1. The van der Waals surface area contributed by atoms with Crippen LogP contribution in [0.25, 0.3) is 17.4 Å². The molecule has 27 heavy (non-hydrogen) atoms. The number of hydrogen-bond donors (Lipinski definition) is 2. The largest absolute Gasteiger partial charge is 0.461 e. The first-order valence-corrected chi connectivity index (χ1v) is 8.54. The van der Waals surface area contributed by atoms with E-state index in [0.29, 0.717) is 36.3 Å². The molecule has 3 aromatic rings. The van der Waals surface area contributed by atoms with Crippen LogP contribution >= 0.6 is 0 Å². The Hall–Kier alpha value is -3.36. The van der Waals surface area contributed by atoms with Crippen LogP contribution in [0.15, 0.2) is 47.3 Å². The predicted octanol–water partition coefficient (Wildman–Crippen LogP) is 2.86. The van der Waals surface area contributed by atoms with Gasteiger partial charge in [-0.05, 0) is 39.0 Å². The lowest BCUT2D eigenvalue weighted by Crippen LogP contribution is -2.35. The molecule has 3 heterocycles. The van der Waals surface area contributed by atoms with Crippen molar-refractivity contribution in [2.75, 3.05) is 18.4 Å². The van der Waals surface area contributed by atoms with E-state index in [0.717, 1.165) is 0 Å². The zero-order chi connectivity index (χ0) is 19.3. The number of alkyl carbamates (subject to hydrolysis) is 1. The summed E-state index contributed by atoms with van der Waals surface area (Å²) in [6.45, 7) is 6.30. The molecule has 142 valence electrons. The van der Waals surface area contributed by atoms with Gasteiger partial charge in [-0.3, -0.25) is 0 Å². The summed E-state index contributed by atoms with van der Waals surface area (Å²) in [5.74, 6) is 2.19. The molecule has 0 spiro atoms. The third-order valence-corrected chi connectivity index (χ3v) is 3.29. The Morgan fingerprint density at radius 2 is 2.11 bits per heavy atom. The normalized spacial score (nSPS) is 11.2. The van der Waals surface area contributed by atoms with Gasteiger partial charge < -0.3 is 19.8 Å². The van der Waals surface area contributed by atoms with Gasteiger partial charge in [0.25, 0.3) is 0 Å². The third-order valence-electron chi connectivity index (χ3n) is 3.29. The Labute approximate surface area is 156 Å². The van der Waals surface area contributed by atoms with Gasteiger partial charge in [0.05, 0.1) is 6.26 Å². The molecular formula is C18H22N6O3. The van der Waals surface area contributed by atoms with E-state index < -0.39 is 11.7 Å². The second kappa shape index (κ2) is 7.90. The molecule has 3 aromatic heterocycles. The minimum Gasteiger partial charge on any atom is -0.461 e. The van der Waals surface area contributed by atoms with E-state index in [2.05, 4.69) is 25.7 Å². The van der Waals surface area contributed by atoms with E-state index in [1.165, 1.54) is 0 Å². The molecule has 0 aliphatic rings. The molecule has 0 radical (unpaired) electrons. The number of carbonyl (C=O) groups excluding carboxylic acids is 1. The van der Waals surface area contributed by atoms with E-state index >= 15 is 0 Å². The molecule has 1 amide bonds. The number of hydrogen-bond acceptors (Lipinski definition) is 7. The molecule has 0 fully saturated rings. The van der Waals surface area contributed by atoms with Gasteiger partial charge in [-0.25, -0.2) is 19.4 Å². The Kier molecular flexibility index (Phi) is 5.39. The summed E-state index contributed by atoms with van der Waals surface area (Å²) in [4.78, 5) is 20.6. The number of furan rings is 1. The van der Waals surface area contributed by atoms with Crippen molar-refractivity contribution in [3.8, 4) is 17.4 Å². The van der Waals surface area contributed by atoms with Crippen LogP contribution in [0.5, 0.6) is 0 Å². The van der Waals surface area contributed by atoms with Crippen molar-refractivity contribution < 1.29 is 13.9 Å². The van der Waals surface area contributed by atoms with Crippen LogP contribution in [-0.2, 0) is 4.74 Å². The smallest absolute Gasteiger partial charge is 0.407 e. The summed E-state index contributed by atoms with van der Waals surface area (Å²) in [7, 11) is 0. The number of carbonyl (C=O) groups is 1. The maximum Gasteiger partial charge on any atom is 0.407 e. The summed E-state index contributed by atoms with van der Waals surface area (Å²) in [5.41, 5.74) is -0.527. The molecule has 0 atom stereocenters. The fraction of sp³-hybridized carbons (Fsp3) is 0.333. The van der Waals surface area contributed by atoms with Crippen molar-refractivity contribution in [3.05, 3.63) is 42.9 Å².